The Morgan fingerprint density at radius 2 is 2.33 bits per heavy atom. The van der Waals surface area contributed by atoms with Crippen LogP contribution < -0.4 is 4.90 Å². The topological polar surface area (TPSA) is 29.0 Å². The largest absolute Gasteiger partial charge is 0.345 e. The normalized spacial score (nSPS) is 27.0. The van der Waals surface area contributed by atoms with E-state index in [4.69, 9.17) is 11.6 Å². The van der Waals surface area contributed by atoms with Gasteiger partial charge in [0.05, 0.1) is 5.38 Å². The van der Waals surface area contributed by atoms with Gasteiger partial charge in [-0.15, -0.1) is 11.6 Å². The summed E-state index contributed by atoms with van der Waals surface area (Å²) in [6.45, 7) is 6.28. The van der Waals surface area contributed by atoms with Gasteiger partial charge in [-0.2, -0.15) is 4.37 Å². The summed E-state index contributed by atoms with van der Waals surface area (Å²) >= 11 is 7.70. The fraction of sp³-hybridized carbons (Fsp3) is 0.800. The molecule has 1 saturated heterocycles. The highest BCUT2D eigenvalue weighted by Crippen LogP contribution is 2.26. The van der Waals surface area contributed by atoms with Gasteiger partial charge in [-0.25, -0.2) is 4.98 Å². The summed E-state index contributed by atoms with van der Waals surface area (Å²) in [6.07, 6.45) is 2.02. The van der Waals surface area contributed by atoms with Gasteiger partial charge in [0.25, 0.3) is 0 Å². The molecule has 0 N–H and O–H groups in total. The Labute approximate surface area is 99.6 Å². The highest BCUT2D eigenvalue weighted by molar-refractivity contribution is 7.09. The molecular formula is C10H16ClN3S. The molecule has 1 aromatic heterocycles. The third-order valence-electron chi connectivity index (χ3n) is 2.65. The zero-order valence-corrected chi connectivity index (χ0v) is 10.7. The van der Waals surface area contributed by atoms with Crippen molar-refractivity contribution in [3.8, 4) is 0 Å². The van der Waals surface area contributed by atoms with Crippen LogP contribution in [0.5, 0.6) is 0 Å². The molecule has 0 saturated carbocycles. The van der Waals surface area contributed by atoms with E-state index >= 15 is 0 Å². The van der Waals surface area contributed by atoms with Gasteiger partial charge < -0.3 is 4.90 Å². The van der Waals surface area contributed by atoms with Crippen LogP contribution in [0.3, 0.4) is 0 Å². The highest BCUT2D eigenvalue weighted by Gasteiger charge is 2.25. The molecule has 0 spiro atoms. The van der Waals surface area contributed by atoms with E-state index in [1.54, 1.807) is 0 Å². The molecule has 1 aliphatic heterocycles. The van der Waals surface area contributed by atoms with Crippen LogP contribution >= 0.6 is 23.1 Å². The van der Waals surface area contributed by atoms with E-state index in [-0.39, 0.29) is 5.38 Å². The number of nitrogens with zero attached hydrogens (tertiary/aromatic N) is 3. The van der Waals surface area contributed by atoms with Crippen molar-refractivity contribution in [2.45, 2.75) is 32.1 Å². The maximum Gasteiger partial charge on any atom is 0.205 e. The van der Waals surface area contributed by atoms with Crippen molar-refractivity contribution < 1.29 is 0 Å². The quantitative estimate of drug-likeness (QED) is 0.750. The molecule has 1 aromatic rings. The monoisotopic (exact) mass is 245 g/mol. The van der Waals surface area contributed by atoms with Crippen LogP contribution in [0.15, 0.2) is 0 Å². The summed E-state index contributed by atoms with van der Waals surface area (Å²) in [6, 6.07) is 0. The van der Waals surface area contributed by atoms with Crippen molar-refractivity contribution in [2.75, 3.05) is 18.0 Å². The fourth-order valence-corrected chi connectivity index (χ4v) is 3.19. The molecule has 2 unspecified atom stereocenters. The second-order valence-corrected chi connectivity index (χ2v) is 5.54. The number of hydrogen-bond donors (Lipinski definition) is 0. The number of aryl methyl sites for hydroxylation is 1. The molecular weight excluding hydrogens is 230 g/mol. The zero-order valence-electron chi connectivity index (χ0n) is 9.11. The van der Waals surface area contributed by atoms with E-state index in [2.05, 4.69) is 28.1 Å². The summed E-state index contributed by atoms with van der Waals surface area (Å²) in [5.74, 6) is 1.59. The average molecular weight is 246 g/mol. The molecule has 0 aliphatic carbocycles. The molecule has 0 amide bonds. The number of hydrogen-bond acceptors (Lipinski definition) is 4. The molecule has 15 heavy (non-hydrogen) atoms. The molecule has 2 rings (SSSR count). The van der Waals surface area contributed by atoms with E-state index in [1.807, 2.05) is 0 Å². The summed E-state index contributed by atoms with van der Waals surface area (Å²) in [7, 11) is 0. The smallest absolute Gasteiger partial charge is 0.205 e. The van der Waals surface area contributed by atoms with Crippen LogP contribution in [0.25, 0.3) is 0 Å². The van der Waals surface area contributed by atoms with Crippen LogP contribution in [0.4, 0.5) is 5.13 Å². The number of alkyl halides is 1. The Kier molecular flexibility index (Phi) is 3.46. The maximum absolute atomic E-state index is 6.21. The van der Waals surface area contributed by atoms with Gasteiger partial charge in [0.15, 0.2) is 0 Å². The van der Waals surface area contributed by atoms with Crippen LogP contribution in [-0.4, -0.2) is 27.8 Å². The van der Waals surface area contributed by atoms with Gasteiger partial charge in [0, 0.05) is 31.0 Å². The number of piperidine rings is 1. The van der Waals surface area contributed by atoms with E-state index in [1.165, 1.54) is 11.5 Å². The van der Waals surface area contributed by atoms with Crippen LogP contribution in [0.1, 0.15) is 26.1 Å². The number of halogens is 1. The molecule has 5 heteroatoms. The lowest BCUT2D eigenvalue weighted by molar-refractivity contribution is 0.451. The van der Waals surface area contributed by atoms with Crippen molar-refractivity contribution >= 4 is 28.3 Å². The minimum atomic E-state index is 0.253. The third kappa shape index (κ3) is 2.61. The molecule has 2 heterocycles. The summed E-state index contributed by atoms with van der Waals surface area (Å²) in [4.78, 5) is 6.76. The van der Waals surface area contributed by atoms with Gasteiger partial charge in [0.1, 0.15) is 5.82 Å². The second kappa shape index (κ2) is 4.66. The predicted octanol–water partition coefficient (Wildman–Crippen LogP) is 2.55. The van der Waals surface area contributed by atoms with Crippen molar-refractivity contribution in [3.05, 3.63) is 5.82 Å². The third-order valence-corrected chi connectivity index (χ3v) is 3.78. The van der Waals surface area contributed by atoms with Gasteiger partial charge in [-0.1, -0.05) is 13.8 Å². The molecule has 1 aliphatic rings. The Balaban J connectivity index is 2.09. The lowest BCUT2D eigenvalue weighted by Gasteiger charge is -2.33. The Morgan fingerprint density at radius 3 is 2.93 bits per heavy atom. The standard InChI is InChI=1S/C10H16ClN3S/c1-3-9-12-10(15-13-9)14-5-7(2)4-8(11)6-14/h7-8H,3-6H2,1-2H3. The lowest BCUT2D eigenvalue weighted by Crippen LogP contribution is -2.40. The summed E-state index contributed by atoms with van der Waals surface area (Å²) in [5.41, 5.74) is 0. The summed E-state index contributed by atoms with van der Waals surface area (Å²) < 4.78 is 4.31. The molecule has 0 aromatic carbocycles. The molecule has 1 fully saturated rings. The van der Waals surface area contributed by atoms with Crippen molar-refractivity contribution in [3.63, 3.8) is 0 Å². The number of rotatable bonds is 2. The first-order valence-corrected chi connectivity index (χ1v) is 6.61. The van der Waals surface area contributed by atoms with Crippen molar-refractivity contribution in [1.82, 2.24) is 9.36 Å². The minimum absolute atomic E-state index is 0.253. The highest BCUT2D eigenvalue weighted by atomic mass is 35.5. The van der Waals surface area contributed by atoms with Gasteiger partial charge in [-0.05, 0) is 12.3 Å². The van der Waals surface area contributed by atoms with Gasteiger partial charge in [0.2, 0.25) is 5.13 Å². The second-order valence-electron chi connectivity index (χ2n) is 4.19. The Morgan fingerprint density at radius 1 is 1.53 bits per heavy atom. The number of aromatic nitrogens is 2. The molecule has 84 valence electrons. The molecule has 0 bridgehead atoms. The zero-order chi connectivity index (χ0) is 10.8. The van der Waals surface area contributed by atoms with Crippen molar-refractivity contribution in [2.24, 2.45) is 5.92 Å². The van der Waals surface area contributed by atoms with Gasteiger partial charge >= 0.3 is 0 Å². The number of anilines is 1. The SMILES string of the molecule is CCc1nsc(N2CC(C)CC(Cl)C2)n1. The first-order chi connectivity index (χ1) is 7.19. The Bertz CT molecular complexity index is 318. The van der Waals surface area contributed by atoms with E-state index < -0.39 is 0 Å². The van der Waals surface area contributed by atoms with E-state index in [0.29, 0.717) is 5.92 Å². The predicted molar refractivity (Wildman–Crippen MR) is 64.9 cm³/mol. The maximum atomic E-state index is 6.21. The van der Waals surface area contributed by atoms with Crippen LogP contribution in [-0.2, 0) is 6.42 Å². The lowest BCUT2D eigenvalue weighted by atomic mass is 10.0. The molecule has 3 nitrogen and oxygen atoms in total. The fourth-order valence-electron chi connectivity index (χ4n) is 1.95. The van der Waals surface area contributed by atoms with Crippen LogP contribution in [0, 0.1) is 5.92 Å². The molecule has 0 radical (unpaired) electrons. The summed E-state index contributed by atoms with van der Waals surface area (Å²) in [5, 5.41) is 1.28. The van der Waals surface area contributed by atoms with Gasteiger partial charge in [-0.3, -0.25) is 0 Å². The first-order valence-electron chi connectivity index (χ1n) is 5.40. The van der Waals surface area contributed by atoms with E-state index in [0.717, 1.165) is 36.9 Å². The van der Waals surface area contributed by atoms with Crippen molar-refractivity contribution in [1.29, 1.82) is 0 Å². The Hall–Kier alpha value is -0.350. The first kappa shape index (κ1) is 11.1. The van der Waals surface area contributed by atoms with E-state index in [9.17, 15) is 0 Å². The minimum Gasteiger partial charge on any atom is -0.345 e. The molecule has 2 atom stereocenters. The van der Waals surface area contributed by atoms with Crippen LogP contribution in [0.2, 0.25) is 0 Å². The average Bonchev–Trinajstić information content (AvgIpc) is 2.64.